The number of nitrogens with zero attached hydrogens (tertiary/aromatic N) is 6. The van der Waals surface area contributed by atoms with Crippen molar-refractivity contribution >= 4 is 40.0 Å². The van der Waals surface area contributed by atoms with E-state index in [0.29, 0.717) is 41.3 Å². The second-order valence-electron chi connectivity index (χ2n) is 9.03. The standard InChI is InChI=1S/C23H27N9O3/c1-12(19-13(2)35-11-25-19)26-21-18(23(33)29-16-10-31(3)30-20(16)21)22-27-14-8-17(24-9-15(14)28-22)32-4-6-34-7-5-32/h8-13,19,26H,4-7H2,1-3H3,(H,27,28)(H,29,33)/t12-,13?,19?/m0/s1. The first-order chi connectivity index (χ1) is 17.0. The summed E-state index contributed by atoms with van der Waals surface area (Å²) in [6.45, 7) is 6.90. The van der Waals surface area contributed by atoms with Crippen LogP contribution in [0, 0.1) is 0 Å². The minimum atomic E-state index is -0.264. The molecule has 3 atom stereocenters. The highest BCUT2D eigenvalue weighted by Crippen LogP contribution is 2.32. The van der Waals surface area contributed by atoms with Gasteiger partial charge in [-0.1, -0.05) is 0 Å². The van der Waals surface area contributed by atoms with E-state index in [2.05, 4.69) is 35.3 Å². The summed E-state index contributed by atoms with van der Waals surface area (Å²) in [5.74, 6) is 1.29. The van der Waals surface area contributed by atoms with Crippen LogP contribution in [0.4, 0.5) is 11.5 Å². The fourth-order valence-electron chi connectivity index (χ4n) is 4.78. The number of H-pyrrole nitrogens is 2. The average Bonchev–Trinajstić information content (AvgIpc) is 3.56. The van der Waals surface area contributed by atoms with Gasteiger partial charge in [-0.2, -0.15) is 5.10 Å². The largest absolute Gasteiger partial charge is 0.478 e. The molecule has 2 aliphatic rings. The maximum atomic E-state index is 13.3. The molecule has 0 radical (unpaired) electrons. The first kappa shape index (κ1) is 21.6. The number of nitrogens with one attached hydrogen (secondary N) is 3. The number of hydrogen-bond acceptors (Lipinski definition) is 9. The molecule has 0 spiro atoms. The molecule has 3 N–H and O–H groups in total. The summed E-state index contributed by atoms with van der Waals surface area (Å²) in [5.41, 5.74) is 3.51. The summed E-state index contributed by atoms with van der Waals surface area (Å²) < 4.78 is 12.6. The number of aromatic nitrogens is 6. The van der Waals surface area contributed by atoms with Crippen LogP contribution in [0.3, 0.4) is 0 Å². The SMILES string of the molecule is CC1OC=NC1[C@H](C)Nc1c(-c2nc3cc(N4CCOCC4)ncc3[nH]2)c(=O)[nH]c2cn(C)nc12. The van der Waals surface area contributed by atoms with Crippen LogP contribution in [0.2, 0.25) is 0 Å². The highest BCUT2D eigenvalue weighted by atomic mass is 16.5. The van der Waals surface area contributed by atoms with Gasteiger partial charge in [-0.25, -0.2) is 15.0 Å². The number of aromatic amines is 2. The van der Waals surface area contributed by atoms with Gasteiger partial charge in [0.15, 0.2) is 6.40 Å². The number of anilines is 2. The molecule has 182 valence electrons. The Morgan fingerprint density at radius 3 is 2.83 bits per heavy atom. The van der Waals surface area contributed by atoms with E-state index in [4.69, 9.17) is 14.5 Å². The second kappa shape index (κ2) is 8.38. The van der Waals surface area contributed by atoms with Crippen LogP contribution in [-0.4, -0.2) is 80.6 Å². The maximum Gasteiger partial charge on any atom is 0.261 e. The molecule has 0 aromatic carbocycles. The Labute approximate surface area is 200 Å². The monoisotopic (exact) mass is 477 g/mol. The van der Waals surface area contributed by atoms with Gasteiger partial charge in [0.2, 0.25) is 0 Å². The number of rotatable bonds is 5. The van der Waals surface area contributed by atoms with Gasteiger partial charge in [-0.05, 0) is 13.8 Å². The van der Waals surface area contributed by atoms with Crippen molar-refractivity contribution in [1.82, 2.24) is 29.7 Å². The lowest BCUT2D eigenvalue weighted by molar-refractivity contribution is 0.122. The van der Waals surface area contributed by atoms with E-state index in [9.17, 15) is 4.79 Å². The van der Waals surface area contributed by atoms with Crippen LogP contribution < -0.4 is 15.8 Å². The molecule has 35 heavy (non-hydrogen) atoms. The van der Waals surface area contributed by atoms with Crippen LogP contribution in [0.15, 0.2) is 28.2 Å². The van der Waals surface area contributed by atoms with E-state index >= 15 is 0 Å². The number of pyridine rings is 2. The molecule has 6 rings (SSSR count). The molecule has 2 aliphatic heterocycles. The molecular weight excluding hydrogens is 450 g/mol. The fraction of sp³-hybridized carbons (Fsp3) is 0.435. The maximum absolute atomic E-state index is 13.3. The number of imidazole rings is 1. The molecule has 2 unspecified atom stereocenters. The molecule has 1 fully saturated rings. The number of fused-ring (bicyclic) bond motifs is 2. The molecule has 0 amide bonds. The van der Waals surface area contributed by atoms with E-state index in [1.54, 1.807) is 17.1 Å². The minimum Gasteiger partial charge on any atom is -0.478 e. The zero-order chi connectivity index (χ0) is 24.1. The third-order valence-electron chi connectivity index (χ3n) is 6.59. The average molecular weight is 478 g/mol. The molecule has 1 saturated heterocycles. The summed E-state index contributed by atoms with van der Waals surface area (Å²) in [7, 11) is 1.82. The molecule has 6 heterocycles. The van der Waals surface area contributed by atoms with Crippen molar-refractivity contribution in [2.24, 2.45) is 12.0 Å². The van der Waals surface area contributed by atoms with Gasteiger partial charge in [0, 0.05) is 38.4 Å². The number of ether oxygens (including phenoxy) is 2. The van der Waals surface area contributed by atoms with E-state index in [-0.39, 0.29) is 23.7 Å². The predicted octanol–water partition coefficient (Wildman–Crippen LogP) is 1.65. The van der Waals surface area contributed by atoms with Crippen LogP contribution in [-0.2, 0) is 16.5 Å². The van der Waals surface area contributed by atoms with Gasteiger partial charge in [0.05, 0.1) is 41.6 Å². The van der Waals surface area contributed by atoms with Crippen LogP contribution >= 0.6 is 0 Å². The highest BCUT2D eigenvalue weighted by Gasteiger charge is 2.30. The van der Waals surface area contributed by atoms with Crippen molar-refractivity contribution in [2.45, 2.75) is 32.0 Å². The third-order valence-corrected chi connectivity index (χ3v) is 6.59. The van der Waals surface area contributed by atoms with E-state index in [0.717, 1.165) is 29.9 Å². The van der Waals surface area contributed by atoms with Crippen molar-refractivity contribution < 1.29 is 9.47 Å². The topological polar surface area (TPSA) is 138 Å². The quantitative estimate of drug-likeness (QED) is 0.394. The van der Waals surface area contributed by atoms with Crippen LogP contribution in [0.5, 0.6) is 0 Å². The molecular formula is C23H27N9O3. The normalized spacial score (nSPS) is 21.1. The number of morpholine rings is 1. The Morgan fingerprint density at radius 1 is 1.23 bits per heavy atom. The van der Waals surface area contributed by atoms with Crippen LogP contribution in [0.1, 0.15) is 13.8 Å². The molecule has 0 saturated carbocycles. The first-order valence-electron chi connectivity index (χ1n) is 11.7. The van der Waals surface area contributed by atoms with Gasteiger partial charge in [0.1, 0.15) is 34.9 Å². The molecule has 0 aliphatic carbocycles. The van der Waals surface area contributed by atoms with Crippen molar-refractivity contribution in [1.29, 1.82) is 0 Å². The van der Waals surface area contributed by atoms with E-state index < -0.39 is 0 Å². The molecule has 12 nitrogen and oxygen atoms in total. The van der Waals surface area contributed by atoms with Crippen LogP contribution in [0.25, 0.3) is 33.5 Å². The molecule has 0 bridgehead atoms. The lowest BCUT2D eigenvalue weighted by Gasteiger charge is -2.27. The molecule has 12 heteroatoms. The number of hydrogen-bond donors (Lipinski definition) is 3. The summed E-state index contributed by atoms with van der Waals surface area (Å²) in [4.78, 5) is 35.6. The summed E-state index contributed by atoms with van der Waals surface area (Å²) in [5, 5.41) is 8.11. The van der Waals surface area contributed by atoms with E-state index in [1.165, 1.54) is 6.40 Å². The van der Waals surface area contributed by atoms with E-state index in [1.807, 2.05) is 27.0 Å². The summed E-state index contributed by atoms with van der Waals surface area (Å²) in [6.07, 6.45) is 4.96. The zero-order valence-corrected chi connectivity index (χ0v) is 19.8. The van der Waals surface area contributed by atoms with Crippen molar-refractivity contribution in [2.75, 3.05) is 36.5 Å². The number of aliphatic imine (C=N–C) groups is 1. The zero-order valence-electron chi connectivity index (χ0n) is 19.8. The van der Waals surface area contributed by atoms with Crippen molar-refractivity contribution in [3.05, 3.63) is 28.8 Å². The van der Waals surface area contributed by atoms with Gasteiger partial charge >= 0.3 is 0 Å². The van der Waals surface area contributed by atoms with Gasteiger partial charge in [-0.3, -0.25) is 9.48 Å². The Balaban J connectivity index is 1.45. The predicted molar refractivity (Wildman–Crippen MR) is 133 cm³/mol. The number of aryl methyl sites for hydroxylation is 1. The van der Waals surface area contributed by atoms with Gasteiger partial charge in [-0.15, -0.1) is 0 Å². The van der Waals surface area contributed by atoms with Crippen molar-refractivity contribution in [3.8, 4) is 11.4 Å². The fourth-order valence-corrected chi connectivity index (χ4v) is 4.78. The minimum absolute atomic E-state index is 0.0712. The lowest BCUT2D eigenvalue weighted by atomic mass is 10.0. The summed E-state index contributed by atoms with van der Waals surface area (Å²) in [6, 6.07) is 1.72. The smallest absolute Gasteiger partial charge is 0.261 e. The second-order valence-corrected chi connectivity index (χ2v) is 9.03. The highest BCUT2D eigenvalue weighted by molar-refractivity contribution is 5.96. The Bertz CT molecular complexity index is 1480. The van der Waals surface area contributed by atoms with Gasteiger partial charge < -0.3 is 29.7 Å². The van der Waals surface area contributed by atoms with Gasteiger partial charge in [0.25, 0.3) is 5.56 Å². The molecule has 4 aromatic rings. The first-order valence-corrected chi connectivity index (χ1v) is 11.7. The third kappa shape index (κ3) is 3.79. The summed E-state index contributed by atoms with van der Waals surface area (Å²) >= 11 is 0. The Hall–Kier alpha value is -3.93. The Kier molecular flexibility index (Phi) is 5.17. The Morgan fingerprint density at radius 2 is 2.06 bits per heavy atom. The van der Waals surface area contributed by atoms with Crippen molar-refractivity contribution in [3.63, 3.8) is 0 Å². The lowest BCUT2D eigenvalue weighted by Crippen LogP contribution is -2.36. The molecule has 4 aromatic heterocycles.